The first-order valence-corrected chi connectivity index (χ1v) is 7.43. The second-order valence-electron chi connectivity index (χ2n) is 4.42. The summed E-state index contributed by atoms with van der Waals surface area (Å²) in [6, 6.07) is 2.28. The van der Waals surface area contributed by atoms with E-state index in [0.717, 1.165) is 0 Å². The number of hydrogen-bond acceptors (Lipinski definition) is 3. The molecule has 1 aromatic carbocycles. The number of nitrogens with zero attached hydrogens (tertiary/aromatic N) is 2. The van der Waals surface area contributed by atoms with Gasteiger partial charge in [0.1, 0.15) is 4.90 Å². The molecular formula is C12H12F3N3O2S. The van der Waals surface area contributed by atoms with Gasteiger partial charge in [0.15, 0.2) is 17.5 Å². The lowest BCUT2D eigenvalue weighted by atomic mass is 10.3. The predicted octanol–water partition coefficient (Wildman–Crippen LogP) is 1.67. The maximum atomic E-state index is 13.5. The van der Waals surface area contributed by atoms with E-state index in [1.165, 1.54) is 17.8 Å². The molecule has 21 heavy (non-hydrogen) atoms. The van der Waals surface area contributed by atoms with Gasteiger partial charge in [-0.05, 0) is 25.1 Å². The Labute approximate surface area is 119 Å². The Hall–Kier alpha value is -1.87. The lowest BCUT2D eigenvalue weighted by molar-refractivity contribution is 0.430. The maximum absolute atomic E-state index is 13.5. The highest BCUT2D eigenvalue weighted by Gasteiger charge is 2.25. The second-order valence-corrected chi connectivity index (χ2v) is 6.11. The quantitative estimate of drug-likeness (QED) is 0.853. The summed E-state index contributed by atoms with van der Waals surface area (Å²) in [5.74, 6) is -5.01. The molecule has 0 saturated heterocycles. The van der Waals surface area contributed by atoms with Crippen molar-refractivity contribution >= 4 is 10.0 Å². The van der Waals surface area contributed by atoms with Gasteiger partial charge in [0.2, 0.25) is 10.0 Å². The molecule has 0 spiro atoms. The van der Waals surface area contributed by atoms with E-state index in [2.05, 4.69) is 9.82 Å². The number of benzene rings is 1. The Kier molecular flexibility index (Phi) is 4.33. The van der Waals surface area contributed by atoms with Crippen molar-refractivity contribution in [1.29, 1.82) is 0 Å². The van der Waals surface area contributed by atoms with E-state index < -0.39 is 38.4 Å². The van der Waals surface area contributed by atoms with Gasteiger partial charge in [-0.1, -0.05) is 0 Å². The van der Waals surface area contributed by atoms with E-state index in [9.17, 15) is 21.6 Å². The van der Waals surface area contributed by atoms with Crippen LogP contribution in [0, 0.1) is 17.5 Å². The van der Waals surface area contributed by atoms with Gasteiger partial charge in [0, 0.05) is 18.4 Å². The Morgan fingerprint density at radius 2 is 2.00 bits per heavy atom. The van der Waals surface area contributed by atoms with Crippen LogP contribution in [0.4, 0.5) is 13.2 Å². The molecule has 0 saturated carbocycles. The van der Waals surface area contributed by atoms with Crippen LogP contribution in [-0.4, -0.2) is 24.2 Å². The zero-order valence-electron chi connectivity index (χ0n) is 10.9. The fourth-order valence-electron chi connectivity index (χ4n) is 1.77. The van der Waals surface area contributed by atoms with Crippen LogP contribution in [0.15, 0.2) is 35.5 Å². The first-order valence-electron chi connectivity index (χ1n) is 5.94. The topological polar surface area (TPSA) is 64.0 Å². The third kappa shape index (κ3) is 3.42. The van der Waals surface area contributed by atoms with Crippen LogP contribution in [-0.2, 0) is 16.6 Å². The average Bonchev–Trinajstić information content (AvgIpc) is 2.87. The summed E-state index contributed by atoms with van der Waals surface area (Å²) >= 11 is 0. The van der Waals surface area contributed by atoms with Crippen LogP contribution in [0.2, 0.25) is 0 Å². The Balaban J connectivity index is 2.20. The highest BCUT2D eigenvalue weighted by atomic mass is 32.2. The molecule has 114 valence electrons. The highest BCUT2D eigenvalue weighted by molar-refractivity contribution is 7.89. The summed E-state index contributed by atoms with van der Waals surface area (Å²) in [6.45, 7) is 1.74. The average molecular weight is 319 g/mol. The Bertz CT molecular complexity index is 732. The fourth-order valence-corrected chi connectivity index (χ4v) is 3.07. The fraction of sp³-hybridized carbons (Fsp3) is 0.250. The number of aromatic nitrogens is 2. The summed E-state index contributed by atoms with van der Waals surface area (Å²) in [7, 11) is -4.31. The minimum atomic E-state index is -4.31. The van der Waals surface area contributed by atoms with Crippen LogP contribution in [0.25, 0.3) is 0 Å². The number of sulfonamides is 1. The molecule has 0 radical (unpaired) electrons. The molecule has 1 N–H and O–H groups in total. The molecule has 1 aromatic heterocycles. The summed E-state index contributed by atoms with van der Waals surface area (Å²) in [4.78, 5) is -0.936. The molecule has 2 rings (SSSR count). The van der Waals surface area contributed by atoms with E-state index in [4.69, 9.17) is 0 Å². The maximum Gasteiger partial charge on any atom is 0.243 e. The Morgan fingerprint density at radius 1 is 1.29 bits per heavy atom. The van der Waals surface area contributed by atoms with Gasteiger partial charge in [-0.2, -0.15) is 5.10 Å². The van der Waals surface area contributed by atoms with Crippen molar-refractivity contribution in [3.8, 4) is 0 Å². The van der Waals surface area contributed by atoms with Crippen LogP contribution in [0.3, 0.4) is 0 Å². The third-order valence-corrected chi connectivity index (χ3v) is 4.27. The zero-order chi connectivity index (χ0) is 15.6. The van der Waals surface area contributed by atoms with Crippen LogP contribution >= 0.6 is 0 Å². The molecule has 0 bridgehead atoms. The van der Waals surface area contributed by atoms with E-state index in [1.54, 1.807) is 12.3 Å². The summed E-state index contributed by atoms with van der Waals surface area (Å²) in [5, 5.41) is 3.90. The molecule has 0 amide bonds. The van der Waals surface area contributed by atoms with E-state index in [1.807, 2.05) is 0 Å². The van der Waals surface area contributed by atoms with Crippen LogP contribution in [0.5, 0.6) is 0 Å². The van der Waals surface area contributed by atoms with Crippen molar-refractivity contribution in [3.63, 3.8) is 0 Å². The second kappa shape index (κ2) is 5.86. The molecule has 0 aliphatic carbocycles. The summed E-state index contributed by atoms with van der Waals surface area (Å²) < 4.78 is 67.1. The minimum absolute atomic E-state index is 0.206. The van der Waals surface area contributed by atoms with Gasteiger partial charge in [0.25, 0.3) is 0 Å². The lowest BCUT2D eigenvalue weighted by Crippen LogP contribution is -2.36. The van der Waals surface area contributed by atoms with Crippen molar-refractivity contribution in [2.45, 2.75) is 24.4 Å². The van der Waals surface area contributed by atoms with Gasteiger partial charge in [0.05, 0.1) is 6.54 Å². The van der Waals surface area contributed by atoms with Crippen molar-refractivity contribution in [2.75, 3.05) is 0 Å². The van der Waals surface area contributed by atoms with Gasteiger partial charge in [-0.25, -0.2) is 26.3 Å². The molecule has 0 aliphatic heterocycles. The summed E-state index contributed by atoms with van der Waals surface area (Å²) in [5.41, 5.74) is 0. The Morgan fingerprint density at radius 3 is 2.62 bits per heavy atom. The molecule has 1 heterocycles. The van der Waals surface area contributed by atoms with Gasteiger partial charge >= 0.3 is 0 Å². The van der Waals surface area contributed by atoms with E-state index in [0.29, 0.717) is 12.1 Å². The number of halogens is 3. The molecule has 5 nitrogen and oxygen atoms in total. The van der Waals surface area contributed by atoms with E-state index in [-0.39, 0.29) is 6.54 Å². The van der Waals surface area contributed by atoms with E-state index >= 15 is 0 Å². The van der Waals surface area contributed by atoms with Crippen LogP contribution in [0.1, 0.15) is 6.92 Å². The van der Waals surface area contributed by atoms with Crippen molar-refractivity contribution in [2.24, 2.45) is 0 Å². The van der Waals surface area contributed by atoms with Gasteiger partial charge in [-0.15, -0.1) is 0 Å². The monoisotopic (exact) mass is 319 g/mol. The zero-order valence-corrected chi connectivity index (χ0v) is 11.7. The number of hydrogen-bond donors (Lipinski definition) is 1. The lowest BCUT2D eigenvalue weighted by Gasteiger charge is -2.15. The molecule has 9 heteroatoms. The first-order chi connectivity index (χ1) is 9.81. The largest absolute Gasteiger partial charge is 0.271 e. The molecule has 1 unspecified atom stereocenters. The number of rotatable bonds is 5. The molecular weight excluding hydrogens is 307 g/mol. The normalized spacial score (nSPS) is 13.3. The SMILES string of the molecule is CC(Cn1cccn1)NS(=O)(=O)c1ccc(F)c(F)c1F. The predicted molar refractivity (Wildman–Crippen MR) is 68.3 cm³/mol. The standard InChI is InChI=1S/C12H12F3N3O2S/c1-8(7-18-6-2-5-16-18)17-21(19,20)10-4-3-9(13)11(14)12(10)15/h2-6,8,17H,7H2,1H3. The van der Waals surface area contributed by atoms with Crippen LogP contribution < -0.4 is 4.72 Å². The molecule has 0 aliphatic rings. The number of nitrogens with one attached hydrogen (secondary N) is 1. The van der Waals surface area contributed by atoms with Gasteiger partial charge in [-0.3, -0.25) is 4.68 Å². The van der Waals surface area contributed by atoms with Crippen molar-refractivity contribution in [3.05, 3.63) is 48.0 Å². The van der Waals surface area contributed by atoms with Crippen molar-refractivity contribution in [1.82, 2.24) is 14.5 Å². The molecule has 0 fully saturated rings. The highest BCUT2D eigenvalue weighted by Crippen LogP contribution is 2.19. The third-order valence-electron chi connectivity index (χ3n) is 2.67. The minimum Gasteiger partial charge on any atom is -0.271 e. The van der Waals surface area contributed by atoms with Crippen molar-refractivity contribution < 1.29 is 21.6 Å². The smallest absolute Gasteiger partial charge is 0.243 e. The summed E-state index contributed by atoms with van der Waals surface area (Å²) in [6.07, 6.45) is 3.15. The molecule has 2 aromatic rings. The first kappa shape index (κ1) is 15.5. The van der Waals surface area contributed by atoms with Gasteiger partial charge < -0.3 is 0 Å². The molecule has 1 atom stereocenters.